The number of hydrogen-bond donors (Lipinski definition) is 2. The van der Waals surface area contributed by atoms with Gasteiger partial charge in [0.05, 0.1) is 0 Å². The molecule has 7 nitrogen and oxygen atoms in total. The van der Waals surface area contributed by atoms with Crippen molar-refractivity contribution in [1.29, 1.82) is 0 Å². The number of likely N-dealkylation sites (tertiary alicyclic amines) is 1. The number of hydrogen-bond acceptors (Lipinski definition) is 4. The Labute approximate surface area is 110 Å². The SMILES string of the molecule is O=C(O)COCC(=O)N1CCCC(c2ncc[nH]2)C1. The lowest BCUT2D eigenvalue weighted by Crippen LogP contribution is -2.41. The largest absolute Gasteiger partial charge is 0.480 e. The molecule has 2 N–H and O–H groups in total. The van der Waals surface area contributed by atoms with Gasteiger partial charge in [-0.05, 0) is 12.8 Å². The first-order chi connectivity index (χ1) is 9.16. The Bertz CT molecular complexity index is 432. The molecule has 1 aliphatic rings. The van der Waals surface area contributed by atoms with Crippen LogP contribution in [0.1, 0.15) is 24.6 Å². The van der Waals surface area contributed by atoms with Crippen LogP contribution in [-0.2, 0) is 14.3 Å². The minimum Gasteiger partial charge on any atom is -0.480 e. The van der Waals surface area contributed by atoms with Gasteiger partial charge in [-0.1, -0.05) is 0 Å². The standard InChI is InChI=1S/C12H17N3O4/c16-10(7-19-8-11(17)18)15-5-1-2-9(6-15)12-13-3-4-14-12/h3-4,9H,1-2,5-8H2,(H,13,14)(H,17,18). The monoisotopic (exact) mass is 267 g/mol. The number of amides is 1. The van der Waals surface area contributed by atoms with Crippen LogP contribution in [0.5, 0.6) is 0 Å². The van der Waals surface area contributed by atoms with Crippen LogP contribution in [0.25, 0.3) is 0 Å². The number of nitrogens with one attached hydrogen (secondary N) is 1. The predicted molar refractivity (Wildman–Crippen MR) is 65.6 cm³/mol. The summed E-state index contributed by atoms with van der Waals surface area (Å²) in [4.78, 5) is 31.2. The van der Waals surface area contributed by atoms with Crippen LogP contribution >= 0.6 is 0 Å². The Morgan fingerprint density at radius 1 is 1.53 bits per heavy atom. The summed E-state index contributed by atoms with van der Waals surface area (Å²) in [5.41, 5.74) is 0. The van der Waals surface area contributed by atoms with Crippen LogP contribution in [0, 0.1) is 0 Å². The second kappa shape index (κ2) is 6.33. The molecular formula is C12H17N3O4. The van der Waals surface area contributed by atoms with Gasteiger partial charge in [0.1, 0.15) is 19.0 Å². The minimum atomic E-state index is -1.07. The van der Waals surface area contributed by atoms with Gasteiger partial charge in [-0.2, -0.15) is 0 Å². The van der Waals surface area contributed by atoms with Gasteiger partial charge in [0.2, 0.25) is 5.91 Å². The summed E-state index contributed by atoms with van der Waals surface area (Å²) in [6.45, 7) is 0.660. The quantitative estimate of drug-likeness (QED) is 0.795. The maximum absolute atomic E-state index is 11.9. The van der Waals surface area contributed by atoms with Crippen LogP contribution in [0.3, 0.4) is 0 Å². The van der Waals surface area contributed by atoms with Gasteiger partial charge in [0, 0.05) is 31.4 Å². The van der Waals surface area contributed by atoms with Gasteiger partial charge < -0.3 is 19.7 Å². The first-order valence-corrected chi connectivity index (χ1v) is 6.23. The molecule has 1 aromatic rings. The van der Waals surface area contributed by atoms with Crippen molar-refractivity contribution in [3.63, 3.8) is 0 Å². The zero-order valence-corrected chi connectivity index (χ0v) is 10.5. The normalized spacial score (nSPS) is 19.4. The molecule has 0 spiro atoms. The number of carboxylic acids is 1. The van der Waals surface area contributed by atoms with Crippen LogP contribution in [0.15, 0.2) is 12.4 Å². The number of aliphatic carboxylic acids is 1. The van der Waals surface area contributed by atoms with E-state index >= 15 is 0 Å². The van der Waals surface area contributed by atoms with Crippen molar-refractivity contribution in [1.82, 2.24) is 14.9 Å². The van der Waals surface area contributed by atoms with Crippen molar-refractivity contribution in [2.45, 2.75) is 18.8 Å². The van der Waals surface area contributed by atoms with Crippen LogP contribution in [-0.4, -0.2) is 58.2 Å². The third-order valence-corrected chi connectivity index (χ3v) is 3.13. The van der Waals surface area contributed by atoms with Crippen molar-refractivity contribution in [2.24, 2.45) is 0 Å². The maximum Gasteiger partial charge on any atom is 0.329 e. The summed E-state index contributed by atoms with van der Waals surface area (Å²) in [6.07, 6.45) is 5.38. The number of piperidine rings is 1. The van der Waals surface area contributed by atoms with E-state index in [1.54, 1.807) is 17.3 Å². The highest BCUT2D eigenvalue weighted by molar-refractivity contribution is 5.78. The number of aromatic nitrogens is 2. The Hall–Kier alpha value is -1.89. The number of H-pyrrole nitrogens is 1. The number of imidazole rings is 1. The molecule has 1 saturated heterocycles. The van der Waals surface area contributed by atoms with E-state index in [-0.39, 0.29) is 18.4 Å². The summed E-state index contributed by atoms with van der Waals surface area (Å²) in [5.74, 6) is -0.131. The van der Waals surface area contributed by atoms with Gasteiger partial charge in [-0.3, -0.25) is 4.79 Å². The molecule has 0 radical (unpaired) electrons. The highest BCUT2D eigenvalue weighted by atomic mass is 16.5. The number of carbonyl (C=O) groups excluding carboxylic acids is 1. The number of rotatable bonds is 5. The molecule has 1 atom stereocenters. The van der Waals surface area contributed by atoms with E-state index in [0.717, 1.165) is 18.7 Å². The van der Waals surface area contributed by atoms with E-state index in [2.05, 4.69) is 9.97 Å². The third kappa shape index (κ3) is 3.78. The second-order valence-corrected chi connectivity index (χ2v) is 4.54. The summed E-state index contributed by atoms with van der Waals surface area (Å²) in [7, 11) is 0. The van der Waals surface area contributed by atoms with Crippen LogP contribution in [0.2, 0.25) is 0 Å². The first kappa shape index (κ1) is 13.5. The smallest absolute Gasteiger partial charge is 0.329 e. The molecule has 7 heteroatoms. The van der Waals surface area contributed by atoms with Crippen molar-refractivity contribution < 1.29 is 19.4 Å². The van der Waals surface area contributed by atoms with Crippen molar-refractivity contribution in [3.05, 3.63) is 18.2 Å². The molecule has 0 saturated carbocycles. The molecule has 2 heterocycles. The summed E-state index contributed by atoms with van der Waals surface area (Å²) in [6, 6.07) is 0. The molecule has 1 aliphatic heterocycles. The lowest BCUT2D eigenvalue weighted by atomic mass is 9.97. The highest BCUT2D eigenvalue weighted by Crippen LogP contribution is 2.24. The number of carbonyl (C=O) groups is 2. The number of carboxylic acid groups (broad SMARTS) is 1. The van der Waals surface area contributed by atoms with E-state index < -0.39 is 12.6 Å². The molecule has 1 fully saturated rings. The van der Waals surface area contributed by atoms with Gasteiger partial charge in [-0.15, -0.1) is 0 Å². The van der Waals surface area contributed by atoms with Crippen LogP contribution in [0.4, 0.5) is 0 Å². The Morgan fingerprint density at radius 3 is 3.05 bits per heavy atom. The van der Waals surface area contributed by atoms with Gasteiger partial charge >= 0.3 is 5.97 Å². The van der Waals surface area contributed by atoms with E-state index in [9.17, 15) is 9.59 Å². The fourth-order valence-corrected chi connectivity index (χ4v) is 2.24. The predicted octanol–water partition coefficient (Wildman–Crippen LogP) is 0.217. The number of ether oxygens (including phenoxy) is 1. The third-order valence-electron chi connectivity index (χ3n) is 3.13. The number of aromatic amines is 1. The molecule has 0 bridgehead atoms. The average Bonchev–Trinajstić information content (AvgIpc) is 2.92. The topological polar surface area (TPSA) is 95.5 Å². The summed E-state index contributed by atoms with van der Waals surface area (Å²) < 4.78 is 4.82. The molecule has 1 amide bonds. The van der Waals surface area contributed by atoms with Gasteiger partial charge in [0.25, 0.3) is 0 Å². The molecular weight excluding hydrogens is 250 g/mol. The molecule has 19 heavy (non-hydrogen) atoms. The van der Waals surface area contributed by atoms with Crippen LogP contribution < -0.4 is 0 Å². The Kier molecular flexibility index (Phi) is 4.51. The molecule has 1 aromatic heterocycles. The van der Waals surface area contributed by atoms with Gasteiger partial charge in [0.15, 0.2) is 0 Å². The lowest BCUT2D eigenvalue weighted by Gasteiger charge is -2.31. The maximum atomic E-state index is 11.9. The molecule has 0 aliphatic carbocycles. The molecule has 104 valence electrons. The van der Waals surface area contributed by atoms with Crippen molar-refractivity contribution >= 4 is 11.9 Å². The van der Waals surface area contributed by atoms with Crippen molar-refractivity contribution in [3.8, 4) is 0 Å². The average molecular weight is 267 g/mol. The fourth-order valence-electron chi connectivity index (χ4n) is 2.24. The van der Waals surface area contributed by atoms with Crippen molar-refractivity contribution in [2.75, 3.05) is 26.3 Å². The first-order valence-electron chi connectivity index (χ1n) is 6.23. The van der Waals surface area contributed by atoms with E-state index in [1.165, 1.54) is 0 Å². The van der Waals surface area contributed by atoms with E-state index in [4.69, 9.17) is 9.84 Å². The molecule has 0 aromatic carbocycles. The van der Waals surface area contributed by atoms with E-state index in [0.29, 0.717) is 13.1 Å². The highest BCUT2D eigenvalue weighted by Gasteiger charge is 2.26. The number of nitrogens with zero attached hydrogens (tertiary/aromatic N) is 2. The molecule has 2 rings (SSSR count). The zero-order chi connectivity index (χ0) is 13.7. The minimum absolute atomic E-state index is 0.169. The lowest BCUT2D eigenvalue weighted by molar-refractivity contribution is -0.146. The van der Waals surface area contributed by atoms with Gasteiger partial charge in [-0.25, -0.2) is 9.78 Å². The van der Waals surface area contributed by atoms with E-state index in [1.807, 2.05) is 0 Å². The Morgan fingerprint density at radius 2 is 2.37 bits per heavy atom. The molecule has 1 unspecified atom stereocenters. The Balaban J connectivity index is 1.83. The summed E-state index contributed by atoms with van der Waals surface area (Å²) >= 11 is 0. The second-order valence-electron chi connectivity index (χ2n) is 4.54. The summed E-state index contributed by atoms with van der Waals surface area (Å²) in [5, 5.41) is 8.44. The zero-order valence-electron chi connectivity index (χ0n) is 10.5. The fraction of sp³-hybridized carbons (Fsp3) is 0.583.